The number of rotatable bonds is 6. The third-order valence-electron chi connectivity index (χ3n) is 3.72. The average molecular weight is 296 g/mol. The van der Waals surface area contributed by atoms with Crippen molar-refractivity contribution in [3.63, 3.8) is 0 Å². The fourth-order valence-corrected chi connectivity index (χ4v) is 2.44. The molecule has 0 saturated carbocycles. The lowest BCUT2D eigenvalue weighted by Crippen LogP contribution is -2.27. The van der Waals surface area contributed by atoms with Crippen LogP contribution < -0.4 is 10.6 Å². The highest BCUT2D eigenvalue weighted by Gasteiger charge is 2.05. The van der Waals surface area contributed by atoms with Crippen molar-refractivity contribution >= 4 is 11.6 Å². The molecule has 0 aliphatic carbocycles. The van der Waals surface area contributed by atoms with Crippen LogP contribution in [-0.4, -0.2) is 11.9 Å². The summed E-state index contributed by atoms with van der Waals surface area (Å²) in [6, 6.07) is 16.9. The molecule has 0 bridgehead atoms. The lowest BCUT2D eigenvalue weighted by molar-refractivity contribution is -0.114. The summed E-state index contributed by atoms with van der Waals surface area (Å²) in [4.78, 5) is 11.0. The van der Waals surface area contributed by atoms with Crippen molar-refractivity contribution in [3.8, 4) is 0 Å². The minimum absolute atomic E-state index is 0.0438. The molecule has 2 aromatic rings. The van der Waals surface area contributed by atoms with Gasteiger partial charge < -0.3 is 10.6 Å². The molecule has 2 aromatic carbocycles. The molecule has 3 heteroatoms. The monoisotopic (exact) mass is 296 g/mol. The van der Waals surface area contributed by atoms with Gasteiger partial charge in [-0.15, -0.1) is 0 Å². The first kappa shape index (κ1) is 16.2. The Balaban J connectivity index is 1.84. The molecule has 3 nitrogen and oxygen atoms in total. The van der Waals surface area contributed by atoms with E-state index in [9.17, 15) is 4.79 Å². The van der Waals surface area contributed by atoms with E-state index in [1.807, 2.05) is 24.3 Å². The molecule has 2 N–H and O–H groups in total. The number of hydrogen-bond acceptors (Lipinski definition) is 2. The lowest BCUT2D eigenvalue weighted by atomic mass is 10.0. The van der Waals surface area contributed by atoms with Crippen LogP contribution in [0.15, 0.2) is 48.5 Å². The van der Waals surface area contributed by atoms with E-state index in [0.29, 0.717) is 6.04 Å². The molecule has 0 spiro atoms. The van der Waals surface area contributed by atoms with E-state index >= 15 is 0 Å². The van der Waals surface area contributed by atoms with Gasteiger partial charge in [-0.2, -0.15) is 0 Å². The molecule has 2 rings (SSSR count). The second-order valence-electron chi connectivity index (χ2n) is 5.79. The Morgan fingerprint density at radius 1 is 1.09 bits per heavy atom. The Kier molecular flexibility index (Phi) is 5.73. The third kappa shape index (κ3) is 5.01. The molecule has 1 unspecified atom stereocenters. The predicted molar refractivity (Wildman–Crippen MR) is 91.9 cm³/mol. The maximum absolute atomic E-state index is 11.0. The SMILES string of the molecule is CC(=O)Nc1ccc(CNC(C)Cc2ccccc2C)cc1. The topological polar surface area (TPSA) is 41.1 Å². The second kappa shape index (κ2) is 7.76. The van der Waals surface area contributed by atoms with Gasteiger partial charge in [-0.25, -0.2) is 0 Å². The highest BCUT2D eigenvalue weighted by molar-refractivity contribution is 5.88. The molecule has 0 aliphatic heterocycles. The summed E-state index contributed by atoms with van der Waals surface area (Å²) in [5, 5.41) is 6.32. The van der Waals surface area contributed by atoms with Gasteiger partial charge in [-0.1, -0.05) is 36.4 Å². The molecule has 0 fully saturated rings. The van der Waals surface area contributed by atoms with E-state index < -0.39 is 0 Å². The quantitative estimate of drug-likeness (QED) is 0.854. The first-order valence-electron chi connectivity index (χ1n) is 7.69. The van der Waals surface area contributed by atoms with Crippen LogP contribution in [-0.2, 0) is 17.8 Å². The number of amides is 1. The Morgan fingerprint density at radius 2 is 1.77 bits per heavy atom. The van der Waals surface area contributed by atoms with Gasteiger partial charge in [0.05, 0.1) is 0 Å². The summed E-state index contributed by atoms with van der Waals surface area (Å²) >= 11 is 0. The fourth-order valence-electron chi connectivity index (χ4n) is 2.44. The van der Waals surface area contributed by atoms with Crippen molar-refractivity contribution < 1.29 is 4.79 Å². The highest BCUT2D eigenvalue weighted by atomic mass is 16.1. The van der Waals surface area contributed by atoms with Crippen molar-refractivity contribution in [2.75, 3.05) is 5.32 Å². The van der Waals surface area contributed by atoms with Gasteiger partial charge in [-0.3, -0.25) is 4.79 Å². The van der Waals surface area contributed by atoms with Crippen molar-refractivity contribution in [1.29, 1.82) is 0 Å². The summed E-state index contributed by atoms with van der Waals surface area (Å²) < 4.78 is 0. The van der Waals surface area contributed by atoms with Gasteiger partial charge in [-0.05, 0) is 49.1 Å². The van der Waals surface area contributed by atoms with Gasteiger partial charge >= 0.3 is 0 Å². The van der Waals surface area contributed by atoms with Crippen molar-refractivity contribution in [3.05, 3.63) is 65.2 Å². The maximum Gasteiger partial charge on any atom is 0.221 e. The minimum Gasteiger partial charge on any atom is -0.326 e. The Morgan fingerprint density at radius 3 is 2.41 bits per heavy atom. The zero-order valence-electron chi connectivity index (χ0n) is 13.5. The number of anilines is 1. The Bertz CT molecular complexity index is 620. The number of aryl methyl sites for hydroxylation is 1. The summed E-state index contributed by atoms with van der Waals surface area (Å²) in [5.41, 5.74) is 4.79. The molecular weight excluding hydrogens is 272 g/mol. The van der Waals surface area contributed by atoms with Crippen LogP contribution in [0, 0.1) is 6.92 Å². The molecule has 0 heterocycles. The largest absolute Gasteiger partial charge is 0.326 e. The summed E-state index contributed by atoms with van der Waals surface area (Å²) in [6.45, 7) is 6.71. The first-order chi connectivity index (χ1) is 10.5. The van der Waals surface area contributed by atoms with Crippen LogP contribution in [0.5, 0.6) is 0 Å². The summed E-state index contributed by atoms with van der Waals surface area (Å²) in [6.07, 6.45) is 1.02. The zero-order valence-corrected chi connectivity index (χ0v) is 13.5. The van der Waals surface area contributed by atoms with Crippen LogP contribution >= 0.6 is 0 Å². The van der Waals surface area contributed by atoms with E-state index in [2.05, 4.69) is 48.7 Å². The Hall–Kier alpha value is -2.13. The normalized spacial score (nSPS) is 12.0. The maximum atomic E-state index is 11.0. The molecule has 0 radical (unpaired) electrons. The van der Waals surface area contributed by atoms with Gasteiger partial charge in [0, 0.05) is 25.2 Å². The molecule has 116 valence electrons. The van der Waals surface area contributed by atoms with E-state index in [-0.39, 0.29) is 5.91 Å². The van der Waals surface area contributed by atoms with Crippen LogP contribution in [0.2, 0.25) is 0 Å². The number of carbonyl (C=O) groups is 1. The smallest absolute Gasteiger partial charge is 0.221 e. The van der Waals surface area contributed by atoms with E-state index in [4.69, 9.17) is 0 Å². The van der Waals surface area contributed by atoms with Crippen LogP contribution in [0.3, 0.4) is 0 Å². The summed E-state index contributed by atoms with van der Waals surface area (Å²) in [7, 11) is 0. The van der Waals surface area contributed by atoms with Crippen molar-refractivity contribution in [2.24, 2.45) is 0 Å². The molecule has 0 saturated heterocycles. The molecule has 1 amide bonds. The average Bonchev–Trinajstić information content (AvgIpc) is 2.48. The van der Waals surface area contributed by atoms with E-state index in [0.717, 1.165) is 18.7 Å². The number of nitrogens with one attached hydrogen (secondary N) is 2. The van der Waals surface area contributed by atoms with E-state index in [1.54, 1.807) is 0 Å². The number of hydrogen-bond donors (Lipinski definition) is 2. The van der Waals surface area contributed by atoms with Crippen molar-refractivity contribution in [2.45, 2.75) is 39.8 Å². The number of benzene rings is 2. The molecule has 22 heavy (non-hydrogen) atoms. The zero-order chi connectivity index (χ0) is 15.9. The second-order valence-corrected chi connectivity index (χ2v) is 5.79. The molecule has 1 atom stereocenters. The molecule has 0 aromatic heterocycles. The van der Waals surface area contributed by atoms with Gasteiger partial charge in [0.25, 0.3) is 0 Å². The third-order valence-corrected chi connectivity index (χ3v) is 3.72. The predicted octanol–water partition coefficient (Wildman–Crippen LogP) is 3.67. The van der Waals surface area contributed by atoms with Gasteiger partial charge in [0.1, 0.15) is 0 Å². The fraction of sp³-hybridized carbons (Fsp3) is 0.316. The van der Waals surface area contributed by atoms with Crippen LogP contribution in [0.4, 0.5) is 5.69 Å². The van der Waals surface area contributed by atoms with Crippen LogP contribution in [0.1, 0.15) is 30.5 Å². The summed E-state index contributed by atoms with van der Waals surface area (Å²) in [5.74, 6) is -0.0438. The van der Waals surface area contributed by atoms with Gasteiger partial charge in [0.2, 0.25) is 5.91 Å². The number of carbonyl (C=O) groups excluding carboxylic acids is 1. The molecular formula is C19H24N2O. The van der Waals surface area contributed by atoms with Gasteiger partial charge in [0.15, 0.2) is 0 Å². The van der Waals surface area contributed by atoms with Crippen molar-refractivity contribution in [1.82, 2.24) is 5.32 Å². The van der Waals surface area contributed by atoms with E-state index in [1.165, 1.54) is 23.6 Å². The minimum atomic E-state index is -0.0438. The first-order valence-corrected chi connectivity index (χ1v) is 7.69. The standard InChI is InChI=1S/C19H24N2O/c1-14-6-4-5-7-18(14)12-15(2)20-13-17-8-10-19(11-9-17)21-16(3)22/h4-11,15,20H,12-13H2,1-3H3,(H,21,22). The molecule has 0 aliphatic rings. The van der Waals surface area contributed by atoms with Crippen LogP contribution in [0.25, 0.3) is 0 Å². The Labute approximate surface area is 132 Å². The highest BCUT2D eigenvalue weighted by Crippen LogP contribution is 2.12. The lowest BCUT2D eigenvalue weighted by Gasteiger charge is -2.15.